The quantitative estimate of drug-likeness (QED) is 0.410. The van der Waals surface area contributed by atoms with Gasteiger partial charge in [-0.25, -0.2) is 4.98 Å². The van der Waals surface area contributed by atoms with Crippen molar-refractivity contribution in [3.8, 4) is 11.4 Å². The van der Waals surface area contributed by atoms with Crippen molar-refractivity contribution in [3.63, 3.8) is 0 Å². The van der Waals surface area contributed by atoms with E-state index in [0.717, 1.165) is 62.8 Å². The van der Waals surface area contributed by atoms with Crippen LogP contribution in [0, 0.1) is 0 Å². The van der Waals surface area contributed by atoms with Gasteiger partial charge in [0.05, 0.1) is 24.3 Å². The summed E-state index contributed by atoms with van der Waals surface area (Å²) >= 11 is 0. The largest absolute Gasteiger partial charge is 0.378 e. The lowest BCUT2D eigenvalue weighted by molar-refractivity contribution is 0.100. The Morgan fingerprint density at radius 3 is 2.54 bits per heavy atom. The number of nitrogens with two attached hydrogens (primary N) is 1. The molecule has 2 aliphatic heterocycles. The highest BCUT2D eigenvalue weighted by atomic mass is 16.5. The van der Waals surface area contributed by atoms with Crippen LogP contribution in [0.25, 0.3) is 22.4 Å². The fourth-order valence-electron chi connectivity index (χ4n) is 5.64. The van der Waals surface area contributed by atoms with E-state index in [4.69, 9.17) is 10.5 Å². The highest BCUT2D eigenvalue weighted by molar-refractivity contribution is 6.04. The van der Waals surface area contributed by atoms with Crippen molar-refractivity contribution in [1.82, 2.24) is 14.9 Å². The fourth-order valence-corrected chi connectivity index (χ4v) is 5.64. The summed E-state index contributed by atoms with van der Waals surface area (Å²) in [5.74, 6) is 0.808. The van der Waals surface area contributed by atoms with E-state index in [1.54, 1.807) is 6.07 Å². The summed E-state index contributed by atoms with van der Waals surface area (Å²) in [4.78, 5) is 24.7. The second-order valence-corrected chi connectivity index (χ2v) is 10.1. The smallest absolute Gasteiger partial charge is 0.250 e. The number of rotatable bonds is 6. The van der Waals surface area contributed by atoms with Gasteiger partial charge in [-0.15, -0.1) is 0 Å². The topological polar surface area (TPSA) is 87.5 Å². The molecule has 2 fully saturated rings. The SMILES string of the molecule is NC(=O)c1cccc2[nH]c(-c3ccc(C4CCCN(Cc5ccc(N6CCOCC6)cc5)C4)cc3)nc12. The molecular weight excluding hydrogens is 462 g/mol. The second-order valence-electron chi connectivity index (χ2n) is 10.1. The second kappa shape index (κ2) is 10.4. The normalized spacial score (nSPS) is 18.8. The average molecular weight is 496 g/mol. The van der Waals surface area contributed by atoms with Crippen LogP contribution in [0.1, 0.15) is 40.2 Å². The van der Waals surface area contributed by atoms with Crippen LogP contribution < -0.4 is 10.6 Å². The molecular formula is C30H33N5O2. The van der Waals surface area contributed by atoms with Gasteiger partial charge in [-0.3, -0.25) is 9.69 Å². The number of aromatic amines is 1. The van der Waals surface area contributed by atoms with Gasteiger partial charge >= 0.3 is 0 Å². The number of fused-ring (bicyclic) bond motifs is 1. The Hall–Kier alpha value is -3.68. The van der Waals surface area contributed by atoms with Crippen molar-refractivity contribution in [2.45, 2.75) is 25.3 Å². The van der Waals surface area contributed by atoms with E-state index in [2.05, 4.69) is 68.3 Å². The number of morpholine rings is 1. The maximum Gasteiger partial charge on any atom is 0.250 e. The summed E-state index contributed by atoms with van der Waals surface area (Å²) in [6.45, 7) is 6.75. The number of nitrogens with one attached hydrogen (secondary N) is 1. The molecule has 0 spiro atoms. The number of para-hydroxylation sites is 1. The number of imidazole rings is 1. The molecule has 4 aromatic rings. The van der Waals surface area contributed by atoms with Gasteiger partial charge in [-0.2, -0.15) is 0 Å². The summed E-state index contributed by atoms with van der Waals surface area (Å²) in [6.07, 6.45) is 2.41. The fraction of sp³-hybridized carbons (Fsp3) is 0.333. The molecule has 0 saturated carbocycles. The van der Waals surface area contributed by atoms with Gasteiger partial charge in [-0.1, -0.05) is 42.5 Å². The Bertz CT molecular complexity index is 1370. The minimum absolute atomic E-state index is 0.439. The number of carbonyl (C=O) groups excluding carboxylic acids is 1. The molecule has 0 radical (unpaired) electrons. The zero-order valence-corrected chi connectivity index (χ0v) is 21.0. The van der Waals surface area contributed by atoms with Gasteiger partial charge in [0.25, 0.3) is 5.91 Å². The number of piperidine rings is 1. The number of ether oxygens (including phenoxy) is 1. The molecule has 1 aromatic heterocycles. The van der Waals surface area contributed by atoms with Crippen LogP contribution in [0.5, 0.6) is 0 Å². The Labute approximate surface area is 217 Å². The Morgan fingerprint density at radius 2 is 1.78 bits per heavy atom. The zero-order chi connectivity index (χ0) is 25.2. The number of carbonyl (C=O) groups is 1. The number of likely N-dealkylation sites (tertiary alicyclic amines) is 1. The third kappa shape index (κ3) is 5.10. The van der Waals surface area contributed by atoms with E-state index in [1.807, 2.05) is 12.1 Å². The third-order valence-corrected chi connectivity index (χ3v) is 7.66. The van der Waals surface area contributed by atoms with Gasteiger partial charge in [0.15, 0.2) is 0 Å². The van der Waals surface area contributed by atoms with Crippen LogP contribution in [0.4, 0.5) is 5.69 Å². The maximum absolute atomic E-state index is 11.8. The summed E-state index contributed by atoms with van der Waals surface area (Å²) in [6, 6.07) is 23.2. The summed E-state index contributed by atoms with van der Waals surface area (Å²) < 4.78 is 5.48. The lowest BCUT2D eigenvalue weighted by Gasteiger charge is -2.33. The van der Waals surface area contributed by atoms with Crippen LogP contribution >= 0.6 is 0 Å². The van der Waals surface area contributed by atoms with E-state index >= 15 is 0 Å². The highest BCUT2D eigenvalue weighted by Gasteiger charge is 2.22. The zero-order valence-electron chi connectivity index (χ0n) is 21.0. The van der Waals surface area contributed by atoms with Crippen LogP contribution in [-0.4, -0.2) is 60.2 Å². The minimum atomic E-state index is -0.464. The van der Waals surface area contributed by atoms with Gasteiger partial charge in [0.1, 0.15) is 11.3 Å². The molecule has 0 bridgehead atoms. The first-order valence-electron chi connectivity index (χ1n) is 13.2. The Balaban J connectivity index is 1.11. The first-order chi connectivity index (χ1) is 18.1. The number of hydrogen-bond donors (Lipinski definition) is 2. The third-order valence-electron chi connectivity index (χ3n) is 7.66. The van der Waals surface area contributed by atoms with Crippen LogP contribution in [0.3, 0.4) is 0 Å². The Kier molecular flexibility index (Phi) is 6.64. The molecule has 1 amide bonds. The molecule has 190 valence electrons. The van der Waals surface area contributed by atoms with Crippen molar-refractivity contribution in [1.29, 1.82) is 0 Å². The number of H-pyrrole nitrogens is 1. The molecule has 7 nitrogen and oxygen atoms in total. The number of primary amides is 1. The molecule has 3 N–H and O–H groups in total. The molecule has 1 unspecified atom stereocenters. The number of hydrogen-bond acceptors (Lipinski definition) is 5. The summed E-state index contributed by atoms with van der Waals surface area (Å²) in [7, 11) is 0. The van der Waals surface area contributed by atoms with Gasteiger partial charge < -0.3 is 20.4 Å². The van der Waals surface area contributed by atoms with Crippen LogP contribution in [0.15, 0.2) is 66.7 Å². The minimum Gasteiger partial charge on any atom is -0.378 e. The molecule has 2 aliphatic rings. The van der Waals surface area contributed by atoms with Crippen molar-refractivity contribution >= 4 is 22.6 Å². The summed E-state index contributed by atoms with van der Waals surface area (Å²) in [5, 5.41) is 0. The predicted molar refractivity (Wildman–Crippen MR) is 147 cm³/mol. The monoisotopic (exact) mass is 495 g/mol. The lowest BCUT2D eigenvalue weighted by atomic mass is 9.90. The first kappa shape index (κ1) is 23.7. The molecule has 2 saturated heterocycles. The number of benzene rings is 3. The van der Waals surface area contributed by atoms with Crippen LogP contribution in [0.2, 0.25) is 0 Å². The molecule has 37 heavy (non-hydrogen) atoms. The lowest BCUT2D eigenvalue weighted by Crippen LogP contribution is -2.36. The van der Waals surface area contributed by atoms with Gasteiger partial charge in [0.2, 0.25) is 0 Å². The number of amides is 1. The number of aromatic nitrogens is 2. The summed E-state index contributed by atoms with van der Waals surface area (Å²) in [5.41, 5.74) is 12.4. The van der Waals surface area contributed by atoms with E-state index in [1.165, 1.54) is 29.7 Å². The molecule has 7 heteroatoms. The average Bonchev–Trinajstić information content (AvgIpc) is 3.39. The van der Waals surface area contributed by atoms with Crippen LogP contribution in [-0.2, 0) is 11.3 Å². The van der Waals surface area contributed by atoms with E-state index in [-0.39, 0.29) is 0 Å². The van der Waals surface area contributed by atoms with Crippen molar-refractivity contribution < 1.29 is 9.53 Å². The molecule has 1 atom stereocenters. The standard InChI is InChI=1S/C30H33N5O2/c31-29(36)26-4-1-5-27-28(26)33-30(32-27)23-10-8-22(9-11-23)24-3-2-14-34(20-24)19-21-6-12-25(13-7-21)35-15-17-37-18-16-35/h1,4-13,24H,2-3,14-20H2,(H2,31,36)(H,32,33). The number of anilines is 1. The molecule has 3 heterocycles. The highest BCUT2D eigenvalue weighted by Crippen LogP contribution is 2.30. The van der Waals surface area contributed by atoms with Gasteiger partial charge in [0, 0.05) is 37.4 Å². The molecule has 6 rings (SSSR count). The van der Waals surface area contributed by atoms with E-state index in [0.29, 0.717) is 17.0 Å². The van der Waals surface area contributed by atoms with Gasteiger partial charge in [-0.05, 0) is 60.7 Å². The molecule has 0 aliphatic carbocycles. The van der Waals surface area contributed by atoms with E-state index < -0.39 is 5.91 Å². The number of nitrogens with zero attached hydrogens (tertiary/aromatic N) is 3. The Morgan fingerprint density at radius 1 is 1.00 bits per heavy atom. The van der Waals surface area contributed by atoms with Crippen molar-refractivity contribution in [3.05, 3.63) is 83.4 Å². The van der Waals surface area contributed by atoms with Crippen molar-refractivity contribution in [2.75, 3.05) is 44.3 Å². The molecule has 3 aromatic carbocycles. The first-order valence-corrected chi connectivity index (χ1v) is 13.2. The van der Waals surface area contributed by atoms with Crippen molar-refractivity contribution in [2.24, 2.45) is 5.73 Å². The maximum atomic E-state index is 11.8. The van der Waals surface area contributed by atoms with E-state index in [9.17, 15) is 4.79 Å². The predicted octanol–water partition coefficient (Wildman–Crippen LogP) is 4.55.